The van der Waals surface area contributed by atoms with Gasteiger partial charge < -0.3 is 19.2 Å². The number of unbranched alkanes of at least 4 members (excludes halogenated alkanes) is 4. The Morgan fingerprint density at radius 2 is 1.69 bits per heavy atom. The molecule has 0 aliphatic carbocycles. The van der Waals surface area contributed by atoms with E-state index in [0.717, 1.165) is 54.5 Å². The third-order valence-corrected chi connectivity index (χ3v) is 4.69. The fourth-order valence-electron chi connectivity index (χ4n) is 3.30. The van der Waals surface area contributed by atoms with Gasteiger partial charge >= 0.3 is 0 Å². The molecule has 5 heteroatoms. The van der Waals surface area contributed by atoms with Crippen LogP contribution in [0.4, 0.5) is 0 Å². The number of rotatable bonds is 15. The van der Waals surface area contributed by atoms with E-state index in [0.29, 0.717) is 6.61 Å². The third-order valence-electron chi connectivity index (χ3n) is 4.69. The van der Waals surface area contributed by atoms with Gasteiger partial charge in [-0.15, -0.1) is 0 Å². The van der Waals surface area contributed by atoms with E-state index in [1.165, 1.54) is 25.7 Å². The highest BCUT2D eigenvalue weighted by Gasteiger charge is 2.07. The van der Waals surface area contributed by atoms with Crippen molar-refractivity contribution in [2.75, 3.05) is 40.5 Å². The Kier molecular flexibility index (Phi) is 12.9. The van der Waals surface area contributed by atoms with Crippen molar-refractivity contribution in [1.29, 1.82) is 0 Å². The van der Waals surface area contributed by atoms with Crippen LogP contribution in [0, 0.1) is 13.8 Å². The van der Waals surface area contributed by atoms with E-state index in [4.69, 9.17) is 14.3 Å². The van der Waals surface area contributed by atoms with Crippen LogP contribution < -0.4 is 9.47 Å². The lowest BCUT2D eigenvalue weighted by atomic mass is 10.1. The fraction of sp³-hybridized carbons (Fsp3) is 0.625. The number of hydrogen-bond acceptors (Lipinski definition) is 5. The second-order valence-electron chi connectivity index (χ2n) is 7.63. The average Bonchev–Trinajstić information content (AvgIpc) is 2.66. The van der Waals surface area contributed by atoms with Crippen LogP contribution in [0.1, 0.15) is 57.1 Å². The van der Waals surface area contributed by atoms with Crippen molar-refractivity contribution >= 4 is 5.71 Å². The van der Waals surface area contributed by atoms with Gasteiger partial charge in [-0.25, -0.2) is 0 Å². The first-order chi connectivity index (χ1) is 14.0. The molecule has 0 amide bonds. The number of hydrogen-bond donors (Lipinski definition) is 0. The number of aryl methyl sites for hydroxylation is 2. The summed E-state index contributed by atoms with van der Waals surface area (Å²) in [6.07, 6.45) is 10.0. The zero-order valence-corrected chi connectivity index (χ0v) is 19.3. The Morgan fingerprint density at radius 3 is 2.34 bits per heavy atom. The van der Waals surface area contributed by atoms with E-state index in [-0.39, 0.29) is 0 Å². The first-order valence-corrected chi connectivity index (χ1v) is 10.7. The molecule has 1 aromatic rings. The summed E-state index contributed by atoms with van der Waals surface area (Å²) in [5.41, 5.74) is 3.28. The standard InChI is InChI=1S/C24H40N2O3/c1-7-8-15-28-23-17-20(2)24(21(3)18-23)29-16-13-11-9-10-12-14-26(5)19-22(4)25-27-6/h7-8,17-18H,9-16,19H2,1-6H3/b8-7+,25-22+. The van der Waals surface area contributed by atoms with Crippen molar-refractivity contribution < 1.29 is 14.3 Å². The van der Waals surface area contributed by atoms with Crippen molar-refractivity contribution in [2.45, 2.75) is 59.8 Å². The molecule has 0 atom stereocenters. The Hall–Kier alpha value is -2.01. The summed E-state index contributed by atoms with van der Waals surface area (Å²) < 4.78 is 11.8. The number of ether oxygens (including phenoxy) is 2. The fourth-order valence-corrected chi connectivity index (χ4v) is 3.30. The van der Waals surface area contributed by atoms with Gasteiger partial charge in [-0.1, -0.05) is 36.6 Å². The Labute approximate surface area is 177 Å². The number of benzene rings is 1. The van der Waals surface area contributed by atoms with E-state index in [1.54, 1.807) is 7.11 Å². The molecule has 0 aromatic heterocycles. The van der Waals surface area contributed by atoms with Crippen LogP contribution in [0.15, 0.2) is 29.4 Å². The summed E-state index contributed by atoms with van der Waals surface area (Å²) in [5.74, 6) is 1.90. The monoisotopic (exact) mass is 404 g/mol. The molecule has 0 N–H and O–H groups in total. The first-order valence-electron chi connectivity index (χ1n) is 10.7. The summed E-state index contributed by atoms with van der Waals surface area (Å²) >= 11 is 0. The summed E-state index contributed by atoms with van der Waals surface area (Å²) in [6, 6.07) is 4.11. The van der Waals surface area contributed by atoms with E-state index >= 15 is 0 Å². The summed E-state index contributed by atoms with van der Waals surface area (Å²) in [7, 11) is 3.72. The summed E-state index contributed by atoms with van der Waals surface area (Å²) in [4.78, 5) is 7.09. The zero-order chi connectivity index (χ0) is 21.5. The van der Waals surface area contributed by atoms with Gasteiger partial charge in [0.1, 0.15) is 25.2 Å². The topological polar surface area (TPSA) is 43.3 Å². The molecule has 0 unspecified atom stereocenters. The van der Waals surface area contributed by atoms with Gasteiger partial charge in [-0.2, -0.15) is 0 Å². The minimum atomic E-state index is 0.603. The highest BCUT2D eigenvalue weighted by atomic mass is 16.6. The first kappa shape index (κ1) is 25.0. The summed E-state index contributed by atoms with van der Waals surface area (Å²) in [6.45, 7) is 11.5. The molecule has 0 fully saturated rings. The van der Waals surface area contributed by atoms with Crippen molar-refractivity contribution in [3.05, 3.63) is 35.4 Å². The van der Waals surface area contributed by atoms with Crippen LogP contribution in [0.2, 0.25) is 0 Å². The van der Waals surface area contributed by atoms with Crippen molar-refractivity contribution in [3.63, 3.8) is 0 Å². The quantitative estimate of drug-likeness (QED) is 0.167. The van der Waals surface area contributed by atoms with Crippen molar-refractivity contribution in [1.82, 2.24) is 4.90 Å². The van der Waals surface area contributed by atoms with Gasteiger partial charge in [0, 0.05) is 6.54 Å². The highest BCUT2D eigenvalue weighted by Crippen LogP contribution is 2.28. The van der Waals surface area contributed by atoms with Crippen LogP contribution in [-0.2, 0) is 4.84 Å². The van der Waals surface area contributed by atoms with Crippen molar-refractivity contribution in [2.24, 2.45) is 5.16 Å². The second kappa shape index (κ2) is 14.9. The van der Waals surface area contributed by atoms with Crippen LogP contribution in [0.3, 0.4) is 0 Å². The second-order valence-corrected chi connectivity index (χ2v) is 7.63. The molecule has 0 aliphatic rings. The van der Waals surface area contributed by atoms with Gasteiger partial charge in [-0.3, -0.25) is 0 Å². The molecule has 0 saturated carbocycles. The third kappa shape index (κ3) is 10.9. The molecule has 0 heterocycles. The maximum atomic E-state index is 6.06. The van der Waals surface area contributed by atoms with Gasteiger partial charge in [0.15, 0.2) is 0 Å². The lowest BCUT2D eigenvalue weighted by Gasteiger charge is -2.16. The van der Waals surface area contributed by atoms with Gasteiger partial charge in [0.25, 0.3) is 0 Å². The lowest BCUT2D eigenvalue weighted by Crippen LogP contribution is -2.25. The molecule has 29 heavy (non-hydrogen) atoms. The predicted octanol–water partition coefficient (Wildman–Crippen LogP) is 5.54. The van der Waals surface area contributed by atoms with Crippen LogP contribution >= 0.6 is 0 Å². The number of allylic oxidation sites excluding steroid dienone is 1. The normalized spacial score (nSPS) is 12.0. The van der Waals surface area contributed by atoms with E-state index in [1.807, 2.05) is 26.0 Å². The molecule has 1 rings (SSSR count). The molecule has 1 aromatic carbocycles. The molecule has 0 spiro atoms. The molecule has 0 radical (unpaired) electrons. The molecule has 0 saturated heterocycles. The Balaban J connectivity index is 2.19. The minimum Gasteiger partial charge on any atom is -0.493 e. The average molecular weight is 405 g/mol. The van der Waals surface area contributed by atoms with E-state index in [9.17, 15) is 0 Å². The predicted molar refractivity (Wildman–Crippen MR) is 122 cm³/mol. The van der Waals surface area contributed by atoms with Gasteiger partial charge in [0.05, 0.1) is 12.3 Å². The maximum absolute atomic E-state index is 6.06. The molecule has 164 valence electrons. The smallest absolute Gasteiger partial charge is 0.125 e. The van der Waals surface area contributed by atoms with Crippen LogP contribution in [0.25, 0.3) is 0 Å². The zero-order valence-electron chi connectivity index (χ0n) is 19.3. The number of nitrogens with zero attached hydrogens (tertiary/aromatic N) is 2. The maximum Gasteiger partial charge on any atom is 0.125 e. The Bertz CT molecular complexity index is 618. The molecular weight excluding hydrogens is 364 g/mol. The highest BCUT2D eigenvalue weighted by molar-refractivity contribution is 5.83. The lowest BCUT2D eigenvalue weighted by molar-refractivity contribution is 0.210. The molecule has 0 bridgehead atoms. The summed E-state index contributed by atoms with van der Waals surface area (Å²) in [5, 5.41) is 3.95. The number of oxime groups is 1. The molecule has 5 nitrogen and oxygen atoms in total. The minimum absolute atomic E-state index is 0.603. The van der Waals surface area contributed by atoms with Crippen molar-refractivity contribution in [3.8, 4) is 11.5 Å². The van der Waals surface area contributed by atoms with E-state index in [2.05, 4.69) is 43.1 Å². The van der Waals surface area contributed by atoms with E-state index < -0.39 is 0 Å². The largest absolute Gasteiger partial charge is 0.493 e. The molecular formula is C24H40N2O3. The van der Waals surface area contributed by atoms with Crippen LogP contribution in [-0.4, -0.2) is 51.1 Å². The van der Waals surface area contributed by atoms with Crippen LogP contribution in [0.5, 0.6) is 11.5 Å². The Morgan fingerprint density at radius 1 is 1.03 bits per heavy atom. The molecule has 0 aliphatic heterocycles. The van der Waals surface area contributed by atoms with Gasteiger partial charge in [-0.05, 0) is 77.4 Å². The SMILES string of the molecule is C/C=C/COc1cc(C)c(OCCCCCCCN(C)C/C(C)=N/OC)c(C)c1. The van der Waals surface area contributed by atoms with Gasteiger partial charge in [0.2, 0.25) is 0 Å².